The molecule has 0 spiro atoms. The minimum atomic E-state index is -0.218. The zero-order valence-corrected chi connectivity index (χ0v) is 11.4. The number of hydrogen-bond acceptors (Lipinski definition) is 2. The molecule has 1 amide bonds. The fraction of sp³-hybridized carbons (Fsp3) is 0.533. The summed E-state index contributed by atoms with van der Waals surface area (Å²) in [6, 6.07) is 9.76. The Bertz CT molecular complexity index is 351. The zero-order chi connectivity index (χ0) is 13.4. The number of nitrogens with one attached hydrogen (secondary N) is 1. The van der Waals surface area contributed by atoms with E-state index in [9.17, 15) is 4.79 Å². The smallest absolute Gasteiger partial charge is 0.222 e. The standard InChI is InChI=1S/C15H24N2O/c1-3-4-8-12(2)17-15(18)11-14(16)13-9-6-5-7-10-13/h5-7,9-10,12,14H,3-4,8,11,16H2,1-2H3,(H,17,18). The molecular formula is C15H24N2O. The molecule has 3 nitrogen and oxygen atoms in total. The molecule has 2 atom stereocenters. The van der Waals surface area contributed by atoms with Crippen molar-refractivity contribution in [2.75, 3.05) is 0 Å². The summed E-state index contributed by atoms with van der Waals surface area (Å²) in [5.74, 6) is 0.0370. The lowest BCUT2D eigenvalue weighted by Gasteiger charge is -2.16. The molecule has 0 radical (unpaired) electrons. The summed E-state index contributed by atoms with van der Waals surface area (Å²) in [5, 5.41) is 3.00. The van der Waals surface area contributed by atoms with Crippen molar-refractivity contribution >= 4 is 5.91 Å². The summed E-state index contributed by atoms with van der Waals surface area (Å²) in [7, 11) is 0. The molecule has 0 bridgehead atoms. The number of amides is 1. The van der Waals surface area contributed by atoms with Crippen LogP contribution in [0.3, 0.4) is 0 Å². The van der Waals surface area contributed by atoms with Crippen LogP contribution in [0.2, 0.25) is 0 Å². The summed E-state index contributed by atoms with van der Waals surface area (Å²) in [6.07, 6.45) is 3.68. The van der Waals surface area contributed by atoms with Crippen LogP contribution in [0.25, 0.3) is 0 Å². The van der Waals surface area contributed by atoms with Gasteiger partial charge >= 0.3 is 0 Å². The van der Waals surface area contributed by atoms with Crippen LogP contribution in [0.4, 0.5) is 0 Å². The van der Waals surface area contributed by atoms with Crippen molar-refractivity contribution in [1.82, 2.24) is 5.32 Å². The molecule has 2 unspecified atom stereocenters. The predicted molar refractivity (Wildman–Crippen MR) is 75.1 cm³/mol. The maximum atomic E-state index is 11.8. The highest BCUT2D eigenvalue weighted by molar-refractivity contribution is 5.77. The van der Waals surface area contributed by atoms with E-state index in [0.29, 0.717) is 6.42 Å². The molecule has 3 N–H and O–H groups in total. The van der Waals surface area contributed by atoms with Crippen LogP contribution in [0.15, 0.2) is 30.3 Å². The molecule has 0 aromatic heterocycles. The number of unbranched alkanes of at least 4 members (excludes halogenated alkanes) is 1. The average molecular weight is 248 g/mol. The second-order valence-corrected chi connectivity index (χ2v) is 4.83. The van der Waals surface area contributed by atoms with Gasteiger partial charge in [-0.05, 0) is 18.9 Å². The number of nitrogens with two attached hydrogens (primary N) is 1. The molecule has 1 aromatic rings. The van der Waals surface area contributed by atoms with Gasteiger partial charge in [-0.3, -0.25) is 4.79 Å². The Balaban J connectivity index is 2.36. The maximum Gasteiger partial charge on any atom is 0.222 e. The zero-order valence-electron chi connectivity index (χ0n) is 11.4. The first-order valence-electron chi connectivity index (χ1n) is 6.73. The van der Waals surface area contributed by atoms with Gasteiger partial charge in [-0.25, -0.2) is 0 Å². The van der Waals surface area contributed by atoms with Crippen molar-refractivity contribution in [2.45, 2.75) is 51.6 Å². The van der Waals surface area contributed by atoms with Crippen LogP contribution in [-0.4, -0.2) is 11.9 Å². The Hall–Kier alpha value is -1.35. The van der Waals surface area contributed by atoms with Gasteiger partial charge in [0, 0.05) is 18.5 Å². The van der Waals surface area contributed by atoms with Gasteiger partial charge in [-0.15, -0.1) is 0 Å². The van der Waals surface area contributed by atoms with Crippen LogP contribution >= 0.6 is 0 Å². The van der Waals surface area contributed by atoms with E-state index >= 15 is 0 Å². The lowest BCUT2D eigenvalue weighted by atomic mass is 10.0. The van der Waals surface area contributed by atoms with Crippen molar-refractivity contribution < 1.29 is 4.79 Å². The fourth-order valence-electron chi connectivity index (χ4n) is 1.93. The third-order valence-corrected chi connectivity index (χ3v) is 3.03. The van der Waals surface area contributed by atoms with Gasteiger partial charge in [0.2, 0.25) is 5.91 Å². The van der Waals surface area contributed by atoms with Crippen molar-refractivity contribution in [1.29, 1.82) is 0 Å². The first-order chi connectivity index (χ1) is 8.63. The van der Waals surface area contributed by atoms with E-state index in [-0.39, 0.29) is 18.0 Å². The van der Waals surface area contributed by atoms with Crippen molar-refractivity contribution in [3.63, 3.8) is 0 Å². The number of benzene rings is 1. The third kappa shape index (κ3) is 5.32. The van der Waals surface area contributed by atoms with Crippen LogP contribution in [0, 0.1) is 0 Å². The minimum absolute atomic E-state index is 0.0370. The highest BCUT2D eigenvalue weighted by Crippen LogP contribution is 2.13. The van der Waals surface area contributed by atoms with E-state index in [1.165, 1.54) is 0 Å². The summed E-state index contributed by atoms with van der Waals surface area (Å²) in [5.41, 5.74) is 7.02. The van der Waals surface area contributed by atoms with E-state index in [0.717, 1.165) is 24.8 Å². The van der Waals surface area contributed by atoms with Crippen LogP contribution in [-0.2, 0) is 4.79 Å². The molecule has 3 heteroatoms. The lowest BCUT2D eigenvalue weighted by Crippen LogP contribution is -2.34. The summed E-state index contributed by atoms with van der Waals surface area (Å²) < 4.78 is 0. The van der Waals surface area contributed by atoms with Gasteiger partial charge in [-0.1, -0.05) is 50.1 Å². The predicted octanol–water partition coefficient (Wildman–Crippen LogP) is 2.77. The van der Waals surface area contributed by atoms with Crippen molar-refractivity contribution in [3.05, 3.63) is 35.9 Å². The van der Waals surface area contributed by atoms with E-state index < -0.39 is 0 Å². The summed E-state index contributed by atoms with van der Waals surface area (Å²) in [6.45, 7) is 4.20. The number of carbonyl (C=O) groups is 1. The second kappa shape index (κ2) is 7.88. The average Bonchev–Trinajstić information content (AvgIpc) is 2.37. The third-order valence-electron chi connectivity index (χ3n) is 3.03. The Morgan fingerprint density at radius 1 is 1.33 bits per heavy atom. The van der Waals surface area contributed by atoms with Gasteiger partial charge < -0.3 is 11.1 Å². The highest BCUT2D eigenvalue weighted by Gasteiger charge is 2.13. The molecule has 0 fully saturated rings. The van der Waals surface area contributed by atoms with Crippen LogP contribution in [0.1, 0.15) is 51.1 Å². The van der Waals surface area contributed by atoms with E-state index in [2.05, 4.69) is 12.2 Å². The van der Waals surface area contributed by atoms with Gasteiger partial charge in [0.05, 0.1) is 0 Å². The molecule has 0 saturated carbocycles. The lowest BCUT2D eigenvalue weighted by molar-refractivity contribution is -0.122. The monoisotopic (exact) mass is 248 g/mol. The first-order valence-corrected chi connectivity index (χ1v) is 6.73. The SMILES string of the molecule is CCCCC(C)NC(=O)CC(N)c1ccccc1. The molecule has 0 aliphatic rings. The fourth-order valence-corrected chi connectivity index (χ4v) is 1.93. The molecule has 100 valence electrons. The highest BCUT2D eigenvalue weighted by atomic mass is 16.1. The Labute approximate surface area is 110 Å². The van der Waals surface area contributed by atoms with Gasteiger partial charge in [0.25, 0.3) is 0 Å². The molecule has 1 rings (SSSR count). The largest absolute Gasteiger partial charge is 0.354 e. The van der Waals surface area contributed by atoms with Gasteiger partial charge in [0.15, 0.2) is 0 Å². The van der Waals surface area contributed by atoms with Gasteiger partial charge in [-0.2, -0.15) is 0 Å². The quantitative estimate of drug-likeness (QED) is 0.779. The van der Waals surface area contributed by atoms with Crippen molar-refractivity contribution in [3.8, 4) is 0 Å². The van der Waals surface area contributed by atoms with E-state index in [1.54, 1.807) is 0 Å². The number of carbonyl (C=O) groups excluding carboxylic acids is 1. The first kappa shape index (κ1) is 14.7. The number of rotatable bonds is 7. The minimum Gasteiger partial charge on any atom is -0.354 e. The molecule has 18 heavy (non-hydrogen) atoms. The summed E-state index contributed by atoms with van der Waals surface area (Å²) >= 11 is 0. The van der Waals surface area contributed by atoms with Crippen LogP contribution < -0.4 is 11.1 Å². The topological polar surface area (TPSA) is 55.1 Å². The molecule has 0 saturated heterocycles. The number of hydrogen-bond donors (Lipinski definition) is 2. The summed E-state index contributed by atoms with van der Waals surface area (Å²) in [4.78, 5) is 11.8. The van der Waals surface area contributed by atoms with E-state index in [1.807, 2.05) is 37.3 Å². The molecule has 0 aliphatic heterocycles. The molecule has 1 aromatic carbocycles. The Morgan fingerprint density at radius 2 is 2.00 bits per heavy atom. The second-order valence-electron chi connectivity index (χ2n) is 4.83. The molecular weight excluding hydrogens is 224 g/mol. The Morgan fingerprint density at radius 3 is 2.61 bits per heavy atom. The molecule has 0 aliphatic carbocycles. The maximum absolute atomic E-state index is 11.8. The van der Waals surface area contributed by atoms with Crippen LogP contribution in [0.5, 0.6) is 0 Å². The van der Waals surface area contributed by atoms with Gasteiger partial charge in [0.1, 0.15) is 0 Å². The van der Waals surface area contributed by atoms with Crippen molar-refractivity contribution in [2.24, 2.45) is 5.73 Å². The normalized spacial score (nSPS) is 13.9. The van der Waals surface area contributed by atoms with E-state index in [4.69, 9.17) is 5.73 Å². The Kier molecular flexibility index (Phi) is 6.44. The molecule has 0 heterocycles.